The Kier molecular flexibility index (Phi) is 4.96. The van der Waals surface area contributed by atoms with Gasteiger partial charge in [0.2, 0.25) is 0 Å². The minimum atomic E-state index is -5.60. The number of ether oxygens (including phenoxy) is 1. The van der Waals surface area contributed by atoms with Crippen LogP contribution >= 0.6 is 23.5 Å². The Hall–Kier alpha value is -1.84. The van der Waals surface area contributed by atoms with Crippen molar-refractivity contribution in [3.8, 4) is 0 Å². The molecule has 4 aliphatic rings. The lowest BCUT2D eigenvalue weighted by Gasteiger charge is -2.52. The van der Waals surface area contributed by atoms with E-state index in [0.717, 1.165) is 0 Å². The fraction of sp³-hybridized carbons (Fsp3) is 0.429. The molecule has 6 rings (SSSR count). The predicted octanol–water partition coefficient (Wildman–Crippen LogP) is 8.74. The van der Waals surface area contributed by atoms with Crippen molar-refractivity contribution in [2.45, 2.75) is 83.4 Å². The monoisotopic (exact) mass is 554 g/mol. The van der Waals surface area contributed by atoms with Crippen LogP contribution in [0.5, 0.6) is 0 Å². The van der Waals surface area contributed by atoms with Crippen molar-refractivity contribution in [3.05, 3.63) is 70.8 Å². The van der Waals surface area contributed by atoms with Crippen LogP contribution in [-0.4, -0.2) is 39.0 Å². The van der Waals surface area contributed by atoms with E-state index in [0.29, 0.717) is 9.79 Å². The van der Waals surface area contributed by atoms with Crippen LogP contribution in [0.2, 0.25) is 0 Å². The molecule has 2 aromatic rings. The van der Waals surface area contributed by atoms with Gasteiger partial charge in [-0.3, -0.25) is 0 Å². The standard InChI is InChI=1S/C28H24F6OS2/c1-14(35-23(2,3)4)25-20(16-11-7-9-13-18(16)37-25)22-21(26(29,30)28(33,34)27(22,31)32)19-15-10-6-8-12-17(15)36-24(19,25)5/h6-14H,1-5H3/t14-,24+,25+/m0/s1. The molecule has 196 valence electrons. The van der Waals surface area contributed by atoms with Gasteiger partial charge in [0.05, 0.1) is 21.2 Å². The maximum atomic E-state index is 15.8. The molecule has 0 bridgehead atoms. The van der Waals surface area contributed by atoms with Gasteiger partial charge < -0.3 is 4.74 Å². The highest BCUT2D eigenvalue weighted by atomic mass is 32.2. The molecule has 0 amide bonds. The lowest BCUT2D eigenvalue weighted by Crippen LogP contribution is -2.57. The summed E-state index contributed by atoms with van der Waals surface area (Å²) in [6.45, 7) is 8.89. The molecule has 9 heteroatoms. The van der Waals surface area contributed by atoms with Gasteiger partial charge in [-0.25, -0.2) is 0 Å². The van der Waals surface area contributed by atoms with Gasteiger partial charge in [0.1, 0.15) is 0 Å². The van der Waals surface area contributed by atoms with Gasteiger partial charge in [0.25, 0.3) is 0 Å². The zero-order chi connectivity index (χ0) is 27.0. The van der Waals surface area contributed by atoms with Crippen molar-refractivity contribution in [3.63, 3.8) is 0 Å². The van der Waals surface area contributed by atoms with Gasteiger partial charge in [-0.1, -0.05) is 36.4 Å². The van der Waals surface area contributed by atoms with Gasteiger partial charge in [-0.15, -0.1) is 23.5 Å². The van der Waals surface area contributed by atoms with Crippen molar-refractivity contribution < 1.29 is 31.1 Å². The van der Waals surface area contributed by atoms with Gasteiger partial charge in [0.15, 0.2) is 0 Å². The van der Waals surface area contributed by atoms with Crippen LogP contribution in [0.1, 0.15) is 45.7 Å². The molecule has 3 atom stereocenters. The summed E-state index contributed by atoms with van der Waals surface area (Å²) < 4.78 is 97.1. The summed E-state index contributed by atoms with van der Waals surface area (Å²) in [7, 11) is 0. The van der Waals surface area contributed by atoms with E-state index in [1.807, 2.05) is 20.8 Å². The number of hydrogen-bond donors (Lipinski definition) is 0. The van der Waals surface area contributed by atoms with Crippen LogP contribution < -0.4 is 0 Å². The van der Waals surface area contributed by atoms with E-state index in [-0.39, 0.29) is 22.3 Å². The first-order valence-corrected chi connectivity index (χ1v) is 13.5. The summed E-state index contributed by atoms with van der Waals surface area (Å²) in [4.78, 5) is 1.16. The summed E-state index contributed by atoms with van der Waals surface area (Å²) >= 11 is 2.51. The van der Waals surface area contributed by atoms with E-state index in [9.17, 15) is 0 Å². The van der Waals surface area contributed by atoms with Crippen LogP contribution in [0.25, 0.3) is 11.1 Å². The first kappa shape index (κ1) is 25.4. The molecule has 2 heterocycles. The number of fused-ring (bicyclic) bond motifs is 8. The summed E-state index contributed by atoms with van der Waals surface area (Å²) in [6.07, 6.45) is -0.811. The second-order valence-corrected chi connectivity index (χ2v) is 13.8. The maximum Gasteiger partial charge on any atom is 0.380 e. The predicted molar refractivity (Wildman–Crippen MR) is 135 cm³/mol. The van der Waals surface area contributed by atoms with E-state index in [1.165, 1.54) is 23.5 Å². The molecule has 2 aliphatic heterocycles. The van der Waals surface area contributed by atoms with Crippen molar-refractivity contribution in [2.24, 2.45) is 0 Å². The average Bonchev–Trinajstić information content (AvgIpc) is 3.33. The number of halogens is 6. The summed E-state index contributed by atoms with van der Waals surface area (Å²) in [5.74, 6) is -15.8. The molecule has 1 nitrogen and oxygen atoms in total. The molecule has 0 aromatic heterocycles. The molecule has 0 radical (unpaired) electrons. The summed E-state index contributed by atoms with van der Waals surface area (Å²) in [5.41, 5.74) is -2.99. The number of benzene rings is 2. The van der Waals surface area contributed by atoms with Gasteiger partial charge in [0, 0.05) is 20.9 Å². The molecule has 1 fully saturated rings. The van der Waals surface area contributed by atoms with E-state index in [2.05, 4.69) is 0 Å². The molecule has 0 spiro atoms. The first-order valence-electron chi connectivity index (χ1n) is 11.9. The third-order valence-corrected chi connectivity index (χ3v) is 11.2. The zero-order valence-corrected chi connectivity index (χ0v) is 22.3. The highest BCUT2D eigenvalue weighted by Crippen LogP contribution is 2.79. The van der Waals surface area contributed by atoms with Gasteiger partial charge >= 0.3 is 17.8 Å². The van der Waals surface area contributed by atoms with Gasteiger partial charge in [-0.05, 0) is 69.0 Å². The summed E-state index contributed by atoms with van der Waals surface area (Å²) in [6, 6.07) is 13.2. The molecule has 1 saturated carbocycles. The maximum absolute atomic E-state index is 15.8. The second-order valence-electron chi connectivity index (χ2n) is 11.1. The first-order chi connectivity index (χ1) is 17.0. The Balaban J connectivity index is 1.83. The quantitative estimate of drug-likeness (QED) is 0.344. The molecule has 0 unspecified atom stereocenters. The SMILES string of the molecule is C[C@H](OC(C)(C)C)[C@@]12Sc3ccccc3C1=C1C(=C3c4ccccc4S[C@]32C)C(F)(F)C(F)(F)C1(F)F. The topological polar surface area (TPSA) is 9.23 Å². The smallest absolute Gasteiger partial charge is 0.371 e. The fourth-order valence-electron chi connectivity index (χ4n) is 6.44. The third kappa shape index (κ3) is 2.81. The Morgan fingerprint density at radius 1 is 0.703 bits per heavy atom. The molecule has 0 N–H and O–H groups in total. The number of thioether (sulfide) groups is 2. The Morgan fingerprint density at radius 2 is 1.16 bits per heavy atom. The number of alkyl halides is 6. The minimum Gasteiger partial charge on any atom is -0.371 e. The highest BCUT2D eigenvalue weighted by Gasteiger charge is 2.85. The Bertz CT molecular complexity index is 1420. The normalized spacial score (nSPS) is 31.0. The highest BCUT2D eigenvalue weighted by molar-refractivity contribution is 8.06. The number of hydrogen-bond acceptors (Lipinski definition) is 3. The molecule has 2 aromatic carbocycles. The van der Waals surface area contributed by atoms with Crippen molar-refractivity contribution in [1.82, 2.24) is 0 Å². The number of rotatable bonds is 2. The number of allylic oxidation sites excluding steroid dienone is 2. The average molecular weight is 555 g/mol. The summed E-state index contributed by atoms with van der Waals surface area (Å²) in [5, 5.41) is 0. The lowest BCUT2D eigenvalue weighted by molar-refractivity contribution is -0.257. The van der Waals surface area contributed by atoms with Crippen LogP contribution in [0, 0.1) is 0 Å². The van der Waals surface area contributed by atoms with E-state index < -0.39 is 50.1 Å². The van der Waals surface area contributed by atoms with E-state index >= 15 is 26.3 Å². The van der Waals surface area contributed by atoms with Crippen molar-refractivity contribution in [1.29, 1.82) is 0 Å². The van der Waals surface area contributed by atoms with Gasteiger partial charge in [-0.2, -0.15) is 26.3 Å². The van der Waals surface area contributed by atoms with E-state index in [1.54, 1.807) is 62.4 Å². The third-order valence-electron chi connectivity index (χ3n) is 7.72. The lowest BCUT2D eigenvalue weighted by atomic mass is 9.65. The molecule has 37 heavy (non-hydrogen) atoms. The minimum absolute atomic E-state index is 0.154. The second kappa shape index (κ2) is 7.21. The molecule has 2 aliphatic carbocycles. The zero-order valence-electron chi connectivity index (χ0n) is 20.7. The van der Waals surface area contributed by atoms with Crippen molar-refractivity contribution >= 4 is 34.7 Å². The molecular weight excluding hydrogens is 530 g/mol. The Morgan fingerprint density at radius 3 is 1.70 bits per heavy atom. The fourth-order valence-corrected chi connectivity index (χ4v) is 9.89. The molecular formula is C28H24F6OS2. The van der Waals surface area contributed by atoms with Crippen molar-refractivity contribution in [2.75, 3.05) is 0 Å². The van der Waals surface area contributed by atoms with Crippen LogP contribution in [0.3, 0.4) is 0 Å². The van der Waals surface area contributed by atoms with Crippen LogP contribution in [-0.2, 0) is 4.74 Å². The van der Waals surface area contributed by atoms with Crippen LogP contribution in [0.15, 0.2) is 69.5 Å². The largest absolute Gasteiger partial charge is 0.380 e. The molecule has 0 saturated heterocycles. The van der Waals surface area contributed by atoms with E-state index in [4.69, 9.17) is 4.74 Å². The van der Waals surface area contributed by atoms with Crippen LogP contribution in [0.4, 0.5) is 26.3 Å². The Labute approximate surface area is 219 Å².